The Morgan fingerprint density at radius 3 is 2.25 bits per heavy atom. The summed E-state index contributed by atoms with van der Waals surface area (Å²) in [5.41, 5.74) is 0. The zero-order chi connectivity index (χ0) is 6.57. The van der Waals surface area contributed by atoms with E-state index in [1.165, 1.54) is 0 Å². The van der Waals surface area contributed by atoms with Gasteiger partial charge in [0.2, 0.25) is 0 Å². The van der Waals surface area contributed by atoms with Crippen molar-refractivity contribution in [3.8, 4) is 0 Å². The van der Waals surface area contributed by atoms with E-state index >= 15 is 0 Å². The lowest BCUT2D eigenvalue weighted by Gasteiger charge is -2.08. The van der Waals surface area contributed by atoms with Gasteiger partial charge in [-0.15, -0.1) is 0 Å². The van der Waals surface area contributed by atoms with Crippen LogP contribution < -0.4 is 0 Å². The van der Waals surface area contributed by atoms with E-state index in [2.05, 4.69) is 13.2 Å². The van der Waals surface area contributed by atoms with Crippen LogP contribution in [0.2, 0.25) is 0 Å². The topological polar surface area (TPSA) is 3.24 Å². The first kappa shape index (κ1) is 7.37. The summed E-state index contributed by atoms with van der Waals surface area (Å²) < 4.78 is 0. The molecule has 0 radical (unpaired) electrons. The van der Waals surface area contributed by atoms with E-state index in [4.69, 9.17) is 12.2 Å². The van der Waals surface area contributed by atoms with Crippen molar-refractivity contribution in [3.63, 3.8) is 0 Å². The zero-order valence-corrected chi connectivity index (χ0v) is 5.74. The molecule has 0 aromatic carbocycles. The molecule has 0 aliphatic rings. The van der Waals surface area contributed by atoms with Crippen molar-refractivity contribution < 1.29 is 0 Å². The first-order chi connectivity index (χ1) is 3.72. The highest BCUT2D eigenvalue weighted by atomic mass is 32.1. The first-order valence-electron chi connectivity index (χ1n) is 2.24. The zero-order valence-electron chi connectivity index (χ0n) is 4.92. The number of hydrogen-bond donors (Lipinski definition) is 0. The van der Waals surface area contributed by atoms with Gasteiger partial charge in [-0.25, -0.2) is 0 Å². The number of likely N-dealkylation sites (N-methyl/N-ethyl adjacent to an activating group) is 1. The van der Waals surface area contributed by atoms with Crippen LogP contribution in [-0.4, -0.2) is 16.9 Å². The van der Waals surface area contributed by atoms with E-state index in [9.17, 15) is 0 Å². The smallest absolute Gasteiger partial charge is 0.104 e. The van der Waals surface area contributed by atoms with E-state index in [0.29, 0.717) is 4.99 Å². The van der Waals surface area contributed by atoms with Crippen molar-refractivity contribution in [2.75, 3.05) is 7.05 Å². The van der Waals surface area contributed by atoms with Gasteiger partial charge in [0.1, 0.15) is 4.99 Å². The molecular formula is C6H9NS. The maximum Gasteiger partial charge on any atom is 0.104 e. The van der Waals surface area contributed by atoms with E-state index in [0.717, 1.165) is 0 Å². The highest BCUT2D eigenvalue weighted by molar-refractivity contribution is 7.80. The summed E-state index contributed by atoms with van der Waals surface area (Å²) >= 11 is 4.81. The molecule has 0 aromatic heterocycles. The van der Waals surface area contributed by atoms with E-state index in [-0.39, 0.29) is 0 Å². The Balaban J connectivity index is 3.80. The molecule has 0 amide bonds. The van der Waals surface area contributed by atoms with Crippen LogP contribution in [0.4, 0.5) is 0 Å². The molecule has 0 N–H and O–H groups in total. The lowest BCUT2D eigenvalue weighted by atomic mass is 10.6. The minimum absolute atomic E-state index is 0.694. The summed E-state index contributed by atoms with van der Waals surface area (Å²) in [7, 11) is 1.83. The van der Waals surface area contributed by atoms with Crippen LogP contribution >= 0.6 is 12.2 Å². The maximum absolute atomic E-state index is 4.81. The Morgan fingerprint density at radius 2 is 2.12 bits per heavy atom. The third-order valence-corrected chi connectivity index (χ3v) is 1.25. The minimum Gasteiger partial charge on any atom is -0.343 e. The summed E-state index contributed by atoms with van der Waals surface area (Å²) in [6.07, 6.45) is 3.25. The quantitative estimate of drug-likeness (QED) is 0.409. The molecule has 0 saturated carbocycles. The Labute approximate surface area is 55.3 Å². The van der Waals surface area contributed by atoms with Crippen LogP contribution in [0.25, 0.3) is 0 Å². The fourth-order valence-electron chi connectivity index (χ4n) is 0.234. The molecule has 8 heavy (non-hydrogen) atoms. The van der Waals surface area contributed by atoms with Crippen LogP contribution in [0, 0.1) is 0 Å². The maximum atomic E-state index is 4.81. The molecule has 0 rings (SSSR count). The van der Waals surface area contributed by atoms with Gasteiger partial charge in [-0.2, -0.15) is 0 Å². The largest absolute Gasteiger partial charge is 0.343 e. The van der Waals surface area contributed by atoms with Gasteiger partial charge in [0.25, 0.3) is 0 Å². The van der Waals surface area contributed by atoms with Gasteiger partial charge in [-0.3, -0.25) is 0 Å². The summed E-state index contributed by atoms with van der Waals surface area (Å²) in [6, 6.07) is 0. The molecule has 0 unspecified atom stereocenters. The first-order valence-corrected chi connectivity index (χ1v) is 2.65. The predicted molar refractivity (Wildman–Crippen MR) is 40.8 cm³/mol. The number of rotatable bonds is 2. The van der Waals surface area contributed by atoms with E-state index < -0.39 is 0 Å². The number of nitrogens with zero attached hydrogens (tertiary/aromatic N) is 1. The highest BCUT2D eigenvalue weighted by Gasteiger charge is 1.89. The second-order valence-corrected chi connectivity index (χ2v) is 1.75. The Morgan fingerprint density at radius 1 is 1.62 bits per heavy atom. The Bertz CT molecular complexity index is 118. The van der Waals surface area contributed by atoms with Crippen molar-refractivity contribution >= 4 is 17.2 Å². The Kier molecular flexibility index (Phi) is 3.12. The molecular weight excluding hydrogens is 118 g/mol. The third-order valence-electron chi connectivity index (χ3n) is 0.796. The fraction of sp³-hybridized carbons (Fsp3) is 0.167. The average Bonchev–Trinajstić information content (AvgIpc) is 1.84. The van der Waals surface area contributed by atoms with Crippen LogP contribution in [0.15, 0.2) is 25.4 Å². The van der Waals surface area contributed by atoms with Gasteiger partial charge >= 0.3 is 0 Å². The third kappa shape index (κ3) is 1.89. The standard InChI is InChI=1S/C6H9NS/c1-4-6(8)7(3)5-2/h4-5H,1-2H2,3H3. The monoisotopic (exact) mass is 127 g/mol. The average molecular weight is 127 g/mol. The molecule has 0 aromatic rings. The van der Waals surface area contributed by atoms with Crippen molar-refractivity contribution in [3.05, 3.63) is 25.4 Å². The Hall–Kier alpha value is -0.630. The number of thiocarbonyl (C=S) groups is 1. The van der Waals surface area contributed by atoms with Gasteiger partial charge < -0.3 is 4.90 Å². The fourth-order valence-corrected chi connectivity index (χ4v) is 0.308. The van der Waals surface area contributed by atoms with E-state index in [1.807, 2.05) is 7.05 Å². The summed E-state index contributed by atoms with van der Waals surface area (Å²) in [5, 5.41) is 0. The summed E-state index contributed by atoms with van der Waals surface area (Å²) in [6.45, 7) is 7.02. The molecule has 0 fully saturated rings. The second-order valence-electron chi connectivity index (χ2n) is 1.34. The van der Waals surface area contributed by atoms with Gasteiger partial charge in [0.05, 0.1) is 0 Å². The molecule has 1 nitrogen and oxygen atoms in total. The molecule has 0 atom stereocenters. The molecule has 0 bridgehead atoms. The van der Waals surface area contributed by atoms with Crippen molar-refractivity contribution in [2.24, 2.45) is 0 Å². The summed E-state index contributed by atoms with van der Waals surface area (Å²) in [5.74, 6) is 0. The van der Waals surface area contributed by atoms with Crippen molar-refractivity contribution in [2.45, 2.75) is 0 Å². The van der Waals surface area contributed by atoms with Crippen LogP contribution in [0.1, 0.15) is 0 Å². The van der Waals surface area contributed by atoms with Crippen LogP contribution in [0.5, 0.6) is 0 Å². The lowest BCUT2D eigenvalue weighted by Crippen LogP contribution is -2.14. The second kappa shape index (κ2) is 3.38. The molecule has 0 saturated heterocycles. The molecule has 2 heteroatoms. The van der Waals surface area contributed by atoms with E-state index in [1.54, 1.807) is 17.2 Å². The highest BCUT2D eigenvalue weighted by Crippen LogP contribution is 1.86. The van der Waals surface area contributed by atoms with Gasteiger partial charge in [-0.05, 0) is 12.3 Å². The summed E-state index contributed by atoms with van der Waals surface area (Å²) in [4.78, 5) is 2.42. The number of hydrogen-bond acceptors (Lipinski definition) is 1. The van der Waals surface area contributed by atoms with Crippen LogP contribution in [-0.2, 0) is 0 Å². The van der Waals surface area contributed by atoms with Gasteiger partial charge in [0.15, 0.2) is 0 Å². The predicted octanol–water partition coefficient (Wildman–Crippen LogP) is 1.58. The van der Waals surface area contributed by atoms with Crippen molar-refractivity contribution in [1.29, 1.82) is 0 Å². The molecule has 0 heterocycles. The minimum atomic E-state index is 0.694. The van der Waals surface area contributed by atoms with Crippen LogP contribution in [0.3, 0.4) is 0 Å². The van der Waals surface area contributed by atoms with Gasteiger partial charge in [-0.1, -0.05) is 25.4 Å². The SMILES string of the molecule is C=CC(=S)N(C)C=C. The lowest BCUT2D eigenvalue weighted by molar-refractivity contribution is 0.709. The normalized spacial score (nSPS) is 7.62. The van der Waals surface area contributed by atoms with Crippen molar-refractivity contribution in [1.82, 2.24) is 4.90 Å². The molecule has 44 valence electrons. The molecule has 0 spiro atoms. The van der Waals surface area contributed by atoms with Gasteiger partial charge in [0, 0.05) is 7.05 Å². The molecule has 0 aliphatic heterocycles. The molecule has 0 aliphatic carbocycles.